The smallest absolute Gasteiger partial charge is 0.243 e. The van der Waals surface area contributed by atoms with E-state index in [4.69, 9.17) is 0 Å². The first-order valence-electron chi connectivity index (χ1n) is 9.51. The maximum absolute atomic E-state index is 12.9. The average molecular weight is 407 g/mol. The summed E-state index contributed by atoms with van der Waals surface area (Å²) < 4.78 is 27.4. The zero-order valence-corrected chi connectivity index (χ0v) is 18.1. The number of benzene rings is 1. The second kappa shape index (κ2) is 8.60. The number of hydrogen-bond donors (Lipinski definition) is 1. The van der Waals surface area contributed by atoms with Crippen LogP contribution in [0.4, 0.5) is 0 Å². The van der Waals surface area contributed by atoms with Crippen molar-refractivity contribution in [1.82, 2.24) is 14.5 Å². The molecule has 0 saturated carbocycles. The van der Waals surface area contributed by atoms with Crippen molar-refractivity contribution in [3.8, 4) is 6.07 Å². The molecule has 154 valence electrons. The number of piperazine rings is 1. The van der Waals surface area contributed by atoms with Gasteiger partial charge in [0.1, 0.15) is 5.54 Å². The van der Waals surface area contributed by atoms with E-state index < -0.39 is 15.6 Å². The monoisotopic (exact) mass is 406 g/mol. The lowest BCUT2D eigenvalue weighted by Gasteiger charge is -2.35. The lowest BCUT2D eigenvalue weighted by molar-refractivity contribution is -0.124. The van der Waals surface area contributed by atoms with E-state index in [2.05, 4.69) is 11.4 Å². The summed E-state index contributed by atoms with van der Waals surface area (Å²) in [5, 5.41) is 12.1. The minimum Gasteiger partial charge on any atom is -0.337 e. The van der Waals surface area contributed by atoms with E-state index in [0.29, 0.717) is 31.1 Å². The van der Waals surface area contributed by atoms with Gasteiger partial charge in [-0.15, -0.1) is 0 Å². The zero-order chi connectivity index (χ0) is 21.1. The molecule has 8 heteroatoms. The largest absolute Gasteiger partial charge is 0.337 e. The van der Waals surface area contributed by atoms with Gasteiger partial charge in [0.25, 0.3) is 0 Å². The third-order valence-electron chi connectivity index (χ3n) is 5.43. The van der Waals surface area contributed by atoms with Crippen LogP contribution in [0, 0.1) is 31.1 Å². The van der Waals surface area contributed by atoms with E-state index in [0.717, 1.165) is 11.1 Å². The van der Waals surface area contributed by atoms with Gasteiger partial charge < -0.3 is 5.32 Å². The molecule has 1 aromatic carbocycles. The predicted molar refractivity (Wildman–Crippen MR) is 108 cm³/mol. The highest BCUT2D eigenvalue weighted by molar-refractivity contribution is 7.89. The Morgan fingerprint density at radius 2 is 1.86 bits per heavy atom. The van der Waals surface area contributed by atoms with Gasteiger partial charge >= 0.3 is 0 Å². The summed E-state index contributed by atoms with van der Waals surface area (Å²) in [6.45, 7) is 11.0. The molecule has 0 bridgehead atoms. The molecule has 1 aromatic rings. The number of nitrogens with zero attached hydrogens (tertiary/aromatic N) is 3. The number of nitrogens with one attached hydrogen (secondary N) is 1. The topological polar surface area (TPSA) is 93.5 Å². The van der Waals surface area contributed by atoms with Gasteiger partial charge in [-0.2, -0.15) is 9.57 Å². The van der Waals surface area contributed by atoms with Crippen molar-refractivity contribution in [3.63, 3.8) is 0 Å². The van der Waals surface area contributed by atoms with Gasteiger partial charge in [-0.05, 0) is 38.3 Å². The molecule has 1 N–H and O–H groups in total. The molecule has 1 aliphatic rings. The van der Waals surface area contributed by atoms with Gasteiger partial charge in [0.15, 0.2) is 0 Å². The number of rotatable bonds is 6. The summed E-state index contributed by atoms with van der Waals surface area (Å²) in [5.41, 5.74) is 0.856. The fourth-order valence-corrected chi connectivity index (χ4v) is 4.82. The van der Waals surface area contributed by atoms with Crippen LogP contribution in [0.15, 0.2) is 23.1 Å². The predicted octanol–water partition coefficient (Wildman–Crippen LogP) is 1.66. The summed E-state index contributed by atoms with van der Waals surface area (Å²) in [7, 11) is -3.54. The van der Waals surface area contributed by atoms with Crippen molar-refractivity contribution in [2.45, 2.75) is 45.1 Å². The SMILES string of the molecule is Cc1ccc(S(=O)(=O)N2CCN(CC(=O)N[C@@](C)(C#N)C(C)C)CC2)c(C)c1. The molecule has 1 fully saturated rings. The fraction of sp³-hybridized carbons (Fsp3) is 0.600. The molecule has 7 nitrogen and oxygen atoms in total. The first-order valence-corrected chi connectivity index (χ1v) is 11.0. The van der Waals surface area contributed by atoms with Gasteiger partial charge in [0, 0.05) is 26.2 Å². The van der Waals surface area contributed by atoms with Crippen molar-refractivity contribution >= 4 is 15.9 Å². The summed E-state index contributed by atoms with van der Waals surface area (Å²) in [6.07, 6.45) is 0. The molecule has 0 spiro atoms. The van der Waals surface area contributed by atoms with Crippen LogP contribution in [0.25, 0.3) is 0 Å². The van der Waals surface area contributed by atoms with Crippen LogP contribution in [0.2, 0.25) is 0 Å². The Bertz CT molecular complexity index is 868. The Labute approximate surface area is 168 Å². The Morgan fingerprint density at radius 3 is 2.36 bits per heavy atom. The maximum Gasteiger partial charge on any atom is 0.243 e. The van der Waals surface area contributed by atoms with E-state index in [-0.39, 0.29) is 18.4 Å². The molecule has 1 atom stereocenters. The van der Waals surface area contributed by atoms with Gasteiger partial charge in [-0.3, -0.25) is 9.69 Å². The van der Waals surface area contributed by atoms with Crippen molar-refractivity contribution in [2.75, 3.05) is 32.7 Å². The van der Waals surface area contributed by atoms with Crippen LogP contribution < -0.4 is 5.32 Å². The van der Waals surface area contributed by atoms with Gasteiger partial charge in [0.05, 0.1) is 17.5 Å². The van der Waals surface area contributed by atoms with Crippen molar-refractivity contribution in [2.24, 2.45) is 5.92 Å². The van der Waals surface area contributed by atoms with Gasteiger partial charge in [-0.25, -0.2) is 8.42 Å². The van der Waals surface area contributed by atoms with Crippen molar-refractivity contribution < 1.29 is 13.2 Å². The molecule has 0 aliphatic carbocycles. The van der Waals surface area contributed by atoms with Gasteiger partial charge in [-0.1, -0.05) is 31.5 Å². The maximum atomic E-state index is 12.9. The van der Waals surface area contributed by atoms with E-state index in [1.165, 1.54) is 4.31 Å². The summed E-state index contributed by atoms with van der Waals surface area (Å²) in [5.74, 6) is -0.232. The standard InChI is InChI=1S/C20H30N4O3S/c1-15(2)20(5,14-21)22-19(25)13-23-8-10-24(11-9-23)28(26,27)18-7-6-16(3)12-17(18)4/h6-7,12,15H,8-11,13H2,1-5H3,(H,22,25)/t20-/m0/s1. The third-order valence-corrected chi connectivity index (χ3v) is 7.49. The average Bonchev–Trinajstić information content (AvgIpc) is 2.61. The molecular weight excluding hydrogens is 376 g/mol. The number of carbonyl (C=O) groups excluding carboxylic acids is 1. The quantitative estimate of drug-likeness (QED) is 0.776. The second-order valence-corrected chi connectivity index (χ2v) is 9.87. The molecule has 0 radical (unpaired) electrons. The number of amides is 1. The number of nitriles is 1. The Kier molecular flexibility index (Phi) is 6.86. The first-order chi connectivity index (χ1) is 13.0. The van der Waals surface area contributed by atoms with E-state index in [1.807, 2.05) is 31.7 Å². The van der Waals surface area contributed by atoms with Crippen LogP contribution in [0.5, 0.6) is 0 Å². The van der Waals surface area contributed by atoms with Crippen molar-refractivity contribution in [1.29, 1.82) is 5.26 Å². The second-order valence-electron chi connectivity index (χ2n) is 7.97. The van der Waals surface area contributed by atoms with Crippen LogP contribution in [-0.2, 0) is 14.8 Å². The van der Waals surface area contributed by atoms with Crippen LogP contribution in [0.3, 0.4) is 0 Å². The molecule has 1 heterocycles. The van der Waals surface area contributed by atoms with Crippen LogP contribution in [-0.4, -0.2) is 61.8 Å². The minimum absolute atomic E-state index is 0.0128. The summed E-state index contributed by atoms with van der Waals surface area (Å²) in [4.78, 5) is 14.6. The third kappa shape index (κ3) is 4.90. The fourth-order valence-electron chi connectivity index (χ4n) is 3.19. The summed E-state index contributed by atoms with van der Waals surface area (Å²) >= 11 is 0. The van der Waals surface area contributed by atoms with Crippen molar-refractivity contribution in [3.05, 3.63) is 29.3 Å². The van der Waals surface area contributed by atoms with E-state index in [9.17, 15) is 18.5 Å². The van der Waals surface area contributed by atoms with E-state index in [1.54, 1.807) is 26.0 Å². The number of aryl methyl sites for hydroxylation is 2. The Hall–Kier alpha value is -1.95. The highest BCUT2D eigenvalue weighted by Gasteiger charge is 2.33. The highest BCUT2D eigenvalue weighted by atomic mass is 32.2. The highest BCUT2D eigenvalue weighted by Crippen LogP contribution is 2.22. The first kappa shape index (κ1) is 22.3. The number of carbonyl (C=O) groups is 1. The van der Waals surface area contributed by atoms with Crippen LogP contribution >= 0.6 is 0 Å². The Balaban J connectivity index is 1.97. The molecule has 0 aromatic heterocycles. The normalized spacial score (nSPS) is 18.5. The molecule has 2 rings (SSSR count). The lowest BCUT2D eigenvalue weighted by atomic mass is 9.90. The molecule has 1 saturated heterocycles. The van der Waals surface area contributed by atoms with Crippen LogP contribution in [0.1, 0.15) is 31.9 Å². The molecule has 1 amide bonds. The molecule has 0 unspecified atom stereocenters. The zero-order valence-electron chi connectivity index (χ0n) is 17.3. The van der Waals surface area contributed by atoms with E-state index >= 15 is 0 Å². The number of hydrogen-bond acceptors (Lipinski definition) is 5. The minimum atomic E-state index is -3.54. The summed E-state index contributed by atoms with van der Waals surface area (Å²) in [6, 6.07) is 7.50. The number of sulfonamides is 1. The molecule has 28 heavy (non-hydrogen) atoms. The van der Waals surface area contributed by atoms with Gasteiger partial charge in [0.2, 0.25) is 15.9 Å². The Morgan fingerprint density at radius 1 is 1.25 bits per heavy atom. The molecule has 1 aliphatic heterocycles. The lowest BCUT2D eigenvalue weighted by Crippen LogP contribution is -2.55. The molecular formula is C20H30N4O3S.